The highest BCUT2D eigenvalue weighted by molar-refractivity contribution is 5.74. The molecule has 0 radical (unpaired) electrons. The number of amides is 2. The largest absolute Gasteiger partial charge is 0.391 e. The first-order valence-corrected chi connectivity index (χ1v) is 8.00. The van der Waals surface area contributed by atoms with E-state index in [1.54, 1.807) is 4.90 Å². The van der Waals surface area contributed by atoms with Crippen LogP contribution in [0.4, 0.5) is 4.79 Å². The number of rotatable bonds is 4. The van der Waals surface area contributed by atoms with Crippen molar-refractivity contribution in [2.45, 2.75) is 44.2 Å². The number of β-amino-alcohol motifs (C(OH)–C–C–N with tert-alkyl or cyclic N) is 1. The Morgan fingerprint density at radius 3 is 2.71 bits per heavy atom. The van der Waals surface area contributed by atoms with E-state index in [9.17, 15) is 9.90 Å². The first kappa shape index (κ1) is 14.4. The Labute approximate surface area is 126 Å². The molecule has 2 fully saturated rings. The third kappa shape index (κ3) is 3.97. The van der Waals surface area contributed by atoms with E-state index in [1.165, 1.54) is 18.4 Å². The molecule has 114 valence electrons. The maximum atomic E-state index is 12.4. The quantitative estimate of drug-likeness (QED) is 0.892. The summed E-state index contributed by atoms with van der Waals surface area (Å²) >= 11 is 0. The number of hydrogen-bond donors (Lipinski definition) is 2. The molecule has 2 aliphatic rings. The highest BCUT2D eigenvalue weighted by atomic mass is 16.3. The molecule has 0 bridgehead atoms. The van der Waals surface area contributed by atoms with Crippen LogP contribution in [0, 0.1) is 5.92 Å². The number of likely N-dealkylation sites (tertiary alicyclic amines) is 1. The fraction of sp³-hybridized carbons (Fsp3) is 0.588. The summed E-state index contributed by atoms with van der Waals surface area (Å²) in [5, 5.41) is 12.9. The lowest BCUT2D eigenvalue weighted by molar-refractivity contribution is 0.0830. The Morgan fingerprint density at radius 1 is 1.29 bits per heavy atom. The summed E-state index contributed by atoms with van der Waals surface area (Å²) in [6.45, 7) is 1.22. The zero-order valence-corrected chi connectivity index (χ0v) is 12.4. The predicted molar refractivity (Wildman–Crippen MR) is 82.0 cm³/mol. The van der Waals surface area contributed by atoms with E-state index in [1.807, 2.05) is 18.2 Å². The van der Waals surface area contributed by atoms with Crippen molar-refractivity contribution in [3.63, 3.8) is 0 Å². The van der Waals surface area contributed by atoms with E-state index in [2.05, 4.69) is 17.4 Å². The van der Waals surface area contributed by atoms with Gasteiger partial charge in [0.2, 0.25) is 0 Å². The molecule has 3 rings (SSSR count). The number of piperidine rings is 1. The SMILES string of the molecule is O=C(NC(Cc1ccccc1)C1CC1)N1CCCC(O)C1. The summed E-state index contributed by atoms with van der Waals surface area (Å²) in [5.41, 5.74) is 1.27. The van der Waals surface area contributed by atoms with Crippen LogP contribution >= 0.6 is 0 Å². The van der Waals surface area contributed by atoms with Crippen molar-refractivity contribution in [3.05, 3.63) is 35.9 Å². The highest BCUT2D eigenvalue weighted by Gasteiger charge is 2.33. The van der Waals surface area contributed by atoms with Crippen LogP contribution in [0.3, 0.4) is 0 Å². The second-order valence-electron chi connectivity index (χ2n) is 6.33. The van der Waals surface area contributed by atoms with Crippen LogP contribution < -0.4 is 5.32 Å². The normalized spacial score (nSPS) is 23.7. The first-order chi connectivity index (χ1) is 10.2. The number of benzene rings is 1. The Morgan fingerprint density at radius 2 is 2.05 bits per heavy atom. The molecule has 1 aromatic carbocycles. The van der Waals surface area contributed by atoms with Gasteiger partial charge in [-0.2, -0.15) is 0 Å². The Kier molecular flexibility index (Phi) is 4.44. The van der Waals surface area contributed by atoms with E-state index >= 15 is 0 Å². The Hall–Kier alpha value is -1.55. The minimum Gasteiger partial charge on any atom is -0.391 e. The molecule has 2 N–H and O–H groups in total. The van der Waals surface area contributed by atoms with Gasteiger partial charge in [-0.1, -0.05) is 30.3 Å². The molecular formula is C17H24N2O2. The minimum absolute atomic E-state index is 0.0124. The lowest BCUT2D eigenvalue weighted by Crippen LogP contribution is -2.50. The van der Waals surface area contributed by atoms with Crippen molar-refractivity contribution in [3.8, 4) is 0 Å². The van der Waals surface area contributed by atoms with Crippen LogP contribution in [-0.2, 0) is 6.42 Å². The molecule has 1 saturated carbocycles. The van der Waals surface area contributed by atoms with Crippen LogP contribution in [0.1, 0.15) is 31.2 Å². The smallest absolute Gasteiger partial charge is 0.317 e. The van der Waals surface area contributed by atoms with Gasteiger partial charge in [0.15, 0.2) is 0 Å². The molecule has 21 heavy (non-hydrogen) atoms. The van der Waals surface area contributed by atoms with Crippen molar-refractivity contribution in [1.29, 1.82) is 0 Å². The third-order valence-electron chi connectivity index (χ3n) is 4.48. The zero-order valence-electron chi connectivity index (χ0n) is 12.4. The lowest BCUT2D eigenvalue weighted by atomic mass is 10.0. The predicted octanol–water partition coefficient (Wildman–Crippen LogP) is 2.17. The summed E-state index contributed by atoms with van der Waals surface area (Å²) in [6.07, 6.45) is 4.65. The van der Waals surface area contributed by atoms with Gasteiger partial charge in [-0.3, -0.25) is 0 Å². The Balaban J connectivity index is 1.58. The van der Waals surface area contributed by atoms with Crippen LogP contribution in [-0.4, -0.2) is 41.3 Å². The second-order valence-corrected chi connectivity index (χ2v) is 6.33. The molecule has 4 heteroatoms. The van der Waals surface area contributed by atoms with Crippen LogP contribution in [0.2, 0.25) is 0 Å². The van der Waals surface area contributed by atoms with Gasteiger partial charge in [0, 0.05) is 19.1 Å². The van der Waals surface area contributed by atoms with Gasteiger partial charge in [0.25, 0.3) is 0 Å². The fourth-order valence-electron chi connectivity index (χ4n) is 3.09. The number of aliphatic hydroxyl groups is 1. The summed E-state index contributed by atoms with van der Waals surface area (Å²) < 4.78 is 0. The second kappa shape index (κ2) is 6.48. The lowest BCUT2D eigenvalue weighted by Gasteiger charge is -2.32. The van der Waals surface area contributed by atoms with Crippen molar-refractivity contribution >= 4 is 6.03 Å². The average molecular weight is 288 g/mol. The Bertz CT molecular complexity index is 473. The number of hydrogen-bond acceptors (Lipinski definition) is 2. The summed E-state index contributed by atoms with van der Waals surface area (Å²) in [4.78, 5) is 14.1. The maximum Gasteiger partial charge on any atom is 0.317 e. The summed E-state index contributed by atoms with van der Waals surface area (Å²) in [6, 6.07) is 10.5. The molecule has 4 nitrogen and oxygen atoms in total. The number of carbonyl (C=O) groups is 1. The van der Waals surface area contributed by atoms with Gasteiger partial charge in [-0.05, 0) is 43.6 Å². The van der Waals surface area contributed by atoms with Gasteiger partial charge < -0.3 is 15.3 Å². The molecule has 2 unspecified atom stereocenters. The summed E-state index contributed by atoms with van der Waals surface area (Å²) in [7, 11) is 0. The number of carbonyl (C=O) groups excluding carboxylic acids is 1. The molecule has 1 saturated heterocycles. The van der Waals surface area contributed by atoms with E-state index in [0.717, 1.165) is 25.8 Å². The topological polar surface area (TPSA) is 52.6 Å². The number of nitrogens with one attached hydrogen (secondary N) is 1. The summed E-state index contributed by atoms with van der Waals surface area (Å²) in [5.74, 6) is 0.615. The van der Waals surface area contributed by atoms with Crippen LogP contribution in [0.15, 0.2) is 30.3 Å². The molecular weight excluding hydrogens is 264 g/mol. The van der Waals surface area contributed by atoms with Gasteiger partial charge in [-0.25, -0.2) is 4.79 Å². The highest BCUT2D eigenvalue weighted by Crippen LogP contribution is 2.34. The van der Waals surface area contributed by atoms with Gasteiger partial charge in [0.05, 0.1) is 6.10 Å². The fourth-order valence-corrected chi connectivity index (χ4v) is 3.09. The maximum absolute atomic E-state index is 12.4. The van der Waals surface area contributed by atoms with Crippen molar-refractivity contribution in [2.75, 3.05) is 13.1 Å². The number of nitrogens with zero attached hydrogens (tertiary/aromatic N) is 1. The molecule has 0 spiro atoms. The standard InChI is InChI=1S/C17H24N2O2/c20-15-7-4-10-19(12-15)17(21)18-16(14-8-9-14)11-13-5-2-1-3-6-13/h1-3,5-6,14-16,20H,4,7-12H2,(H,18,21). The minimum atomic E-state index is -0.363. The third-order valence-corrected chi connectivity index (χ3v) is 4.48. The zero-order chi connectivity index (χ0) is 14.7. The van der Waals surface area contributed by atoms with E-state index in [4.69, 9.17) is 0 Å². The van der Waals surface area contributed by atoms with E-state index < -0.39 is 0 Å². The van der Waals surface area contributed by atoms with Gasteiger partial charge in [-0.15, -0.1) is 0 Å². The van der Waals surface area contributed by atoms with Crippen LogP contribution in [0.25, 0.3) is 0 Å². The molecule has 2 amide bonds. The van der Waals surface area contributed by atoms with Crippen LogP contribution in [0.5, 0.6) is 0 Å². The molecule has 2 atom stereocenters. The van der Waals surface area contributed by atoms with Crippen molar-refractivity contribution in [2.24, 2.45) is 5.92 Å². The molecule has 1 aliphatic carbocycles. The number of urea groups is 1. The molecule has 0 aromatic heterocycles. The van der Waals surface area contributed by atoms with Crippen molar-refractivity contribution < 1.29 is 9.90 Å². The molecule has 1 aliphatic heterocycles. The first-order valence-electron chi connectivity index (χ1n) is 8.00. The van der Waals surface area contributed by atoms with Crippen molar-refractivity contribution in [1.82, 2.24) is 10.2 Å². The molecule has 1 aromatic rings. The monoisotopic (exact) mass is 288 g/mol. The van der Waals surface area contributed by atoms with Gasteiger partial charge >= 0.3 is 6.03 Å². The van der Waals surface area contributed by atoms with E-state index in [0.29, 0.717) is 12.5 Å². The van der Waals surface area contributed by atoms with E-state index in [-0.39, 0.29) is 18.2 Å². The molecule has 1 heterocycles. The number of aliphatic hydroxyl groups excluding tert-OH is 1. The average Bonchev–Trinajstić information content (AvgIpc) is 3.32. The van der Waals surface area contributed by atoms with Gasteiger partial charge in [0.1, 0.15) is 0 Å².